The third-order valence-electron chi connectivity index (χ3n) is 4.41. The van der Waals surface area contributed by atoms with Crippen molar-refractivity contribution < 1.29 is 9.47 Å². The SMILES string of the molecule is CCCCC(COCC(CC)CC)OCC(CC)CC. The van der Waals surface area contributed by atoms with E-state index in [0.29, 0.717) is 17.9 Å². The maximum absolute atomic E-state index is 6.11. The Labute approximate surface area is 127 Å². The van der Waals surface area contributed by atoms with E-state index < -0.39 is 0 Å². The summed E-state index contributed by atoms with van der Waals surface area (Å²) < 4.78 is 12.0. The summed E-state index contributed by atoms with van der Waals surface area (Å²) in [4.78, 5) is 0. The minimum absolute atomic E-state index is 0.296. The highest BCUT2D eigenvalue weighted by Crippen LogP contribution is 2.14. The molecule has 1 atom stereocenters. The molecule has 0 bridgehead atoms. The molecule has 0 aliphatic heterocycles. The second-order valence-electron chi connectivity index (χ2n) is 6.00. The smallest absolute Gasteiger partial charge is 0.0808 e. The fraction of sp³-hybridized carbons (Fsp3) is 1.00. The van der Waals surface area contributed by atoms with Crippen LogP contribution in [0.15, 0.2) is 0 Å². The van der Waals surface area contributed by atoms with Gasteiger partial charge in [0.15, 0.2) is 0 Å². The maximum Gasteiger partial charge on any atom is 0.0808 e. The number of hydrogen-bond acceptors (Lipinski definition) is 2. The van der Waals surface area contributed by atoms with Gasteiger partial charge >= 0.3 is 0 Å². The van der Waals surface area contributed by atoms with Crippen molar-refractivity contribution in [3.8, 4) is 0 Å². The van der Waals surface area contributed by atoms with Crippen molar-refractivity contribution in [3.63, 3.8) is 0 Å². The molecule has 0 N–H and O–H groups in total. The Morgan fingerprint density at radius 3 is 1.75 bits per heavy atom. The zero-order valence-electron chi connectivity index (χ0n) is 14.6. The van der Waals surface area contributed by atoms with Crippen LogP contribution in [0.5, 0.6) is 0 Å². The van der Waals surface area contributed by atoms with Crippen LogP contribution in [0.25, 0.3) is 0 Å². The summed E-state index contributed by atoms with van der Waals surface area (Å²) in [5.74, 6) is 1.42. The van der Waals surface area contributed by atoms with Gasteiger partial charge in [0.1, 0.15) is 0 Å². The minimum Gasteiger partial charge on any atom is -0.378 e. The van der Waals surface area contributed by atoms with Gasteiger partial charge in [0.05, 0.1) is 12.7 Å². The van der Waals surface area contributed by atoms with Gasteiger partial charge in [-0.1, -0.05) is 73.1 Å². The molecule has 0 fully saturated rings. The molecule has 0 aromatic heterocycles. The van der Waals surface area contributed by atoms with Gasteiger partial charge in [0.25, 0.3) is 0 Å². The lowest BCUT2D eigenvalue weighted by Gasteiger charge is -2.22. The predicted molar refractivity (Wildman–Crippen MR) is 88.2 cm³/mol. The highest BCUT2D eigenvalue weighted by molar-refractivity contribution is 4.61. The van der Waals surface area contributed by atoms with Crippen LogP contribution < -0.4 is 0 Å². The van der Waals surface area contributed by atoms with Gasteiger partial charge in [0.2, 0.25) is 0 Å². The topological polar surface area (TPSA) is 18.5 Å². The molecule has 122 valence electrons. The van der Waals surface area contributed by atoms with Crippen LogP contribution in [0.4, 0.5) is 0 Å². The monoisotopic (exact) mass is 286 g/mol. The van der Waals surface area contributed by atoms with E-state index in [4.69, 9.17) is 9.47 Å². The summed E-state index contributed by atoms with van der Waals surface area (Å²) in [5.41, 5.74) is 0. The molecule has 0 saturated carbocycles. The first-order valence-corrected chi connectivity index (χ1v) is 8.90. The molecule has 0 saturated heterocycles. The van der Waals surface area contributed by atoms with E-state index in [-0.39, 0.29) is 0 Å². The van der Waals surface area contributed by atoms with Gasteiger partial charge in [-0.05, 0) is 18.3 Å². The molecule has 2 heteroatoms. The van der Waals surface area contributed by atoms with Gasteiger partial charge in [-0.15, -0.1) is 0 Å². The van der Waals surface area contributed by atoms with Crippen molar-refractivity contribution in [2.24, 2.45) is 11.8 Å². The number of hydrogen-bond donors (Lipinski definition) is 0. The van der Waals surface area contributed by atoms with Crippen molar-refractivity contribution in [1.29, 1.82) is 0 Å². The van der Waals surface area contributed by atoms with E-state index >= 15 is 0 Å². The molecular formula is C18H38O2. The van der Waals surface area contributed by atoms with Gasteiger partial charge < -0.3 is 9.47 Å². The Balaban J connectivity index is 4.00. The number of rotatable bonds is 14. The molecule has 0 aliphatic rings. The van der Waals surface area contributed by atoms with E-state index in [9.17, 15) is 0 Å². The summed E-state index contributed by atoms with van der Waals surface area (Å²) >= 11 is 0. The second kappa shape index (κ2) is 13.9. The Bertz CT molecular complexity index is 186. The van der Waals surface area contributed by atoms with Crippen LogP contribution in [-0.2, 0) is 9.47 Å². The van der Waals surface area contributed by atoms with Crippen LogP contribution >= 0.6 is 0 Å². The summed E-state index contributed by atoms with van der Waals surface area (Å²) in [6.45, 7) is 13.8. The quantitative estimate of drug-likeness (QED) is 0.422. The van der Waals surface area contributed by atoms with Crippen LogP contribution in [0.1, 0.15) is 79.6 Å². The number of unbranched alkanes of at least 4 members (excludes halogenated alkanes) is 1. The Hall–Kier alpha value is -0.0800. The van der Waals surface area contributed by atoms with Crippen LogP contribution in [-0.4, -0.2) is 25.9 Å². The molecule has 0 amide bonds. The zero-order valence-corrected chi connectivity index (χ0v) is 14.6. The van der Waals surface area contributed by atoms with Crippen LogP contribution in [0.3, 0.4) is 0 Å². The van der Waals surface area contributed by atoms with Crippen molar-refractivity contribution in [2.45, 2.75) is 85.7 Å². The van der Waals surface area contributed by atoms with Gasteiger partial charge in [-0.2, -0.15) is 0 Å². The highest BCUT2D eigenvalue weighted by Gasteiger charge is 2.13. The molecule has 2 nitrogen and oxygen atoms in total. The first kappa shape index (κ1) is 19.9. The summed E-state index contributed by atoms with van der Waals surface area (Å²) in [6.07, 6.45) is 8.76. The van der Waals surface area contributed by atoms with E-state index in [1.54, 1.807) is 0 Å². The van der Waals surface area contributed by atoms with Crippen LogP contribution in [0.2, 0.25) is 0 Å². The molecule has 0 aromatic carbocycles. The van der Waals surface area contributed by atoms with Crippen molar-refractivity contribution in [3.05, 3.63) is 0 Å². The summed E-state index contributed by atoms with van der Waals surface area (Å²) in [7, 11) is 0. The van der Waals surface area contributed by atoms with E-state index in [0.717, 1.165) is 26.2 Å². The molecule has 0 aliphatic carbocycles. The van der Waals surface area contributed by atoms with E-state index in [1.807, 2.05) is 0 Å². The predicted octanol–water partition coefficient (Wildman–Crippen LogP) is 5.45. The standard InChI is InChI=1S/C18H38O2/c1-6-11-12-18(20-14-17(9-4)10-5)15-19-13-16(7-2)8-3/h16-18H,6-15H2,1-5H3. The fourth-order valence-electron chi connectivity index (χ4n) is 2.33. The normalized spacial score (nSPS) is 13.3. The molecule has 1 unspecified atom stereocenters. The van der Waals surface area contributed by atoms with E-state index in [1.165, 1.54) is 38.5 Å². The molecular weight excluding hydrogens is 248 g/mol. The van der Waals surface area contributed by atoms with Crippen molar-refractivity contribution in [1.82, 2.24) is 0 Å². The Kier molecular flexibility index (Phi) is 13.8. The van der Waals surface area contributed by atoms with Crippen molar-refractivity contribution in [2.75, 3.05) is 19.8 Å². The average Bonchev–Trinajstić information content (AvgIpc) is 2.49. The zero-order chi connectivity index (χ0) is 15.2. The first-order chi connectivity index (χ1) is 9.71. The largest absolute Gasteiger partial charge is 0.378 e. The van der Waals surface area contributed by atoms with Gasteiger partial charge in [-0.25, -0.2) is 0 Å². The lowest BCUT2D eigenvalue weighted by molar-refractivity contribution is -0.0415. The van der Waals surface area contributed by atoms with Gasteiger partial charge in [-0.3, -0.25) is 0 Å². The molecule has 0 aromatic rings. The molecule has 20 heavy (non-hydrogen) atoms. The third-order valence-corrected chi connectivity index (χ3v) is 4.41. The molecule has 0 radical (unpaired) electrons. The summed E-state index contributed by atoms with van der Waals surface area (Å²) in [6, 6.07) is 0. The molecule has 0 rings (SSSR count). The summed E-state index contributed by atoms with van der Waals surface area (Å²) in [5, 5.41) is 0. The van der Waals surface area contributed by atoms with Crippen molar-refractivity contribution >= 4 is 0 Å². The maximum atomic E-state index is 6.11. The number of ether oxygens (including phenoxy) is 2. The lowest BCUT2D eigenvalue weighted by atomic mass is 10.0. The lowest BCUT2D eigenvalue weighted by Crippen LogP contribution is -2.24. The molecule has 0 spiro atoms. The van der Waals surface area contributed by atoms with Gasteiger partial charge in [0, 0.05) is 13.2 Å². The second-order valence-corrected chi connectivity index (χ2v) is 6.00. The fourth-order valence-corrected chi connectivity index (χ4v) is 2.33. The first-order valence-electron chi connectivity index (χ1n) is 8.90. The Morgan fingerprint density at radius 1 is 0.700 bits per heavy atom. The minimum atomic E-state index is 0.296. The van der Waals surface area contributed by atoms with E-state index in [2.05, 4.69) is 34.6 Å². The average molecular weight is 286 g/mol. The molecule has 0 heterocycles. The highest BCUT2D eigenvalue weighted by atomic mass is 16.5. The van der Waals surface area contributed by atoms with Crippen LogP contribution in [0, 0.1) is 11.8 Å². The third kappa shape index (κ3) is 9.77. The Morgan fingerprint density at radius 2 is 1.25 bits per heavy atom.